The van der Waals surface area contributed by atoms with Gasteiger partial charge in [0.1, 0.15) is 5.49 Å². The van der Waals surface area contributed by atoms with Crippen molar-refractivity contribution in [3.05, 3.63) is 64.4 Å². The second-order valence-corrected chi connectivity index (χ2v) is 8.54. The van der Waals surface area contributed by atoms with E-state index in [1.807, 2.05) is 46.0 Å². The number of fused-ring (bicyclic) bond motifs is 1. The number of nitrogens with zero attached hydrogens (tertiary/aromatic N) is 5. The van der Waals surface area contributed by atoms with Gasteiger partial charge in [0.05, 0.1) is 17.1 Å². The van der Waals surface area contributed by atoms with Crippen LogP contribution in [0.25, 0.3) is 11.3 Å². The zero-order valence-corrected chi connectivity index (χ0v) is 19.9. The first-order valence-corrected chi connectivity index (χ1v) is 11.4. The lowest BCUT2D eigenvalue weighted by Crippen LogP contribution is -2.44. The molecule has 1 saturated heterocycles. The number of piperazine rings is 1. The van der Waals surface area contributed by atoms with Gasteiger partial charge in [-0.15, -0.1) is 0 Å². The molecule has 4 rings (SSSR count). The number of pyridine rings is 2. The van der Waals surface area contributed by atoms with E-state index in [0.29, 0.717) is 22.4 Å². The molecular formula is C25H31FN6O. The third-order valence-electron chi connectivity index (χ3n) is 6.16. The first-order valence-electron chi connectivity index (χ1n) is 11.4. The number of halogens is 1. The van der Waals surface area contributed by atoms with Crippen LogP contribution in [-0.4, -0.2) is 46.0 Å². The maximum atomic E-state index is 14.8. The smallest absolute Gasteiger partial charge is 0.229 e. The number of aromatic nitrogens is 3. The number of anilines is 1. The van der Waals surface area contributed by atoms with E-state index in [2.05, 4.69) is 15.2 Å². The molecular weight excluding hydrogens is 419 g/mol. The third-order valence-corrected chi connectivity index (χ3v) is 6.16. The minimum Gasteiger partial charge on any atom is -0.368 e. The summed E-state index contributed by atoms with van der Waals surface area (Å²) in [7, 11) is 0. The van der Waals surface area contributed by atoms with Crippen LogP contribution in [0.15, 0.2) is 41.2 Å². The molecule has 1 aliphatic heterocycles. The summed E-state index contributed by atoms with van der Waals surface area (Å²) in [5.41, 5.74) is 5.77. The highest BCUT2D eigenvalue weighted by atomic mass is 19.1. The first-order chi connectivity index (χ1) is 15.8. The predicted molar refractivity (Wildman–Crippen MR) is 129 cm³/mol. The normalized spacial score (nSPS) is 15.8. The average Bonchev–Trinajstić information content (AvgIpc) is 3.18. The first kappa shape index (κ1) is 22.9. The van der Waals surface area contributed by atoms with Crippen molar-refractivity contribution in [2.75, 3.05) is 31.1 Å². The van der Waals surface area contributed by atoms with Crippen molar-refractivity contribution in [1.29, 1.82) is 0 Å². The summed E-state index contributed by atoms with van der Waals surface area (Å²) in [5.74, 6) is -0.509. The number of carbonyl (C=O) groups is 1. The van der Waals surface area contributed by atoms with Gasteiger partial charge in [0, 0.05) is 56.8 Å². The fourth-order valence-corrected chi connectivity index (χ4v) is 4.36. The number of hydrogen-bond donors (Lipinski definition) is 1. The Kier molecular flexibility index (Phi) is 6.47. The van der Waals surface area contributed by atoms with E-state index < -0.39 is 5.82 Å². The molecule has 0 aromatic carbocycles. The zero-order valence-electron chi connectivity index (χ0n) is 19.9. The molecule has 0 amide bonds. The Hall–Kier alpha value is -3.26. The van der Waals surface area contributed by atoms with Gasteiger partial charge in [-0.2, -0.15) is 0 Å². The number of aryl methyl sites for hydroxylation is 1. The van der Waals surface area contributed by atoms with Crippen LogP contribution in [0.4, 0.5) is 10.1 Å². The number of imidazole rings is 1. The van der Waals surface area contributed by atoms with Gasteiger partial charge in [-0.1, -0.05) is 6.92 Å². The van der Waals surface area contributed by atoms with Crippen LogP contribution in [0, 0.1) is 19.7 Å². The molecule has 0 unspecified atom stereocenters. The lowest BCUT2D eigenvalue weighted by Gasteiger charge is -2.31. The maximum absolute atomic E-state index is 14.8. The zero-order chi connectivity index (χ0) is 23.7. The van der Waals surface area contributed by atoms with Crippen LogP contribution in [0.5, 0.6) is 0 Å². The van der Waals surface area contributed by atoms with Crippen LogP contribution in [0.1, 0.15) is 48.9 Å². The molecule has 1 N–H and O–H groups in total. The van der Waals surface area contributed by atoms with E-state index in [1.54, 1.807) is 22.1 Å². The maximum Gasteiger partial charge on any atom is 0.229 e. The Morgan fingerprint density at radius 3 is 2.58 bits per heavy atom. The summed E-state index contributed by atoms with van der Waals surface area (Å²) in [6, 6.07) is 5.38. The molecule has 33 heavy (non-hydrogen) atoms. The summed E-state index contributed by atoms with van der Waals surface area (Å²) in [4.78, 5) is 24.1. The molecule has 3 aromatic heterocycles. The number of allylic oxidation sites excluding steroid dienone is 1. The van der Waals surface area contributed by atoms with Crippen molar-refractivity contribution in [1.82, 2.24) is 19.3 Å². The molecule has 0 atom stereocenters. The van der Waals surface area contributed by atoms with E-state index in [4.69, 9.17) is 4.99 Å². The fourth-order valence-electron chi connectivity index (χ4n) is 4.36. The van der Waals surface area contributed by atoms with E-state index in [9.17, 15) is 9.18 Å². The van der Waals surface area contributed by atoms with Crippen molar-refractivity contribution in [2.45, 2.75) is 41.0 Å². The molecule has 8 heteroatoms. The van der Waals surface area contributed by atoms with E-state index in [1.165, 1.54) is 6.07 Å². The molecule has 0 aliphatic carbocycles. The summed E-state index contributed by atoms with van der Waals surface area (Å²) in [6.07, 6.45) is 4.39. The lowest BCUT2D eigenvalue weighted by molar-refractivity contribution is 0.0929. The van der Waals surface area contributed by atoms with Gasteiger partial charge < -0.3 is 14.6 Å². The Morgan fingerprint density at radius 2 is 1.91 bits per heavy atom. The van der Waals surface area contributed by atoms with Crippen molar-refractivity contribution in [2.24, 2.45) is 4.99 Å². The number of carbonyl (C=O) groups excluding carboxylic acids is 1. The van der Waals surface area contributed by atoms with Gasteiger partial charge in [0.2, 0.25) is 5.91 Å². The van der Waals surface area contributed by atoms with Gasteiger partial charge >= 0.3 is 0 Å². The van der Waals surface area contributed by atoms with Gasteiger partial charge in [0.15, 0.2) is 11.5 Å². The van der Waals surface area contributed by atoms with E-state index in [0.717, 1.165) is 55.2 Å². The highest BCUT2D eigenvalue weighted by Crippen LogP contribution is 2.25. The highest BCUT2D eigenvalue weighted by Gasteiger charge is 2.17. The number of nitrogens with one attached hydrogen (secondary N) is 1. The van der Waals surface area contributed by atoms with E-state index in [-0.39, 0.29) is 5.91 Å². The van der Waals surface area contributed by atoms with Crippen molar-refractivity contribution < 1.29 is 9.18 Å². The molecule has 0 saturated carbocycles. The van der Waals surface area contributed by atoms with Crippen molar-refractivity contribution in [3.63, 3.8) is 0 Å². The molecule has 4 heterocycles. The van der Waals surface area contributed by atoms with Gasteiger partial charge in [-0.3, -0.25) is 9.36 Å². The van der Waals surface area contributed by atoms with Gasteiger partial charge in [-0.05, 0) is 51.0 Å². The Morgan fingerprint density at radius 1 is 1.18 bits per heavy atom. The summed E-state index contributed by atoms with van der Waals surface area (Å²) >= 11 is 0. The summed E-state index contributed by atoms with van der Waals surface area (Å²) in [6.45, 7) is 13.0. The van der Waals surface area contributed by atoms with Crippen molar-refractivity contribution >= 4 is 22.9 Å². The summed E-state index contributed by atoms with van der Waals surface area (Å²) < 4.78 is 18.2. The van der Waals surface area contributed by atoms with E-state index >= 15 is 0 Å². The SMILES string of the molecule is CC/C(C)=C(/N=c1ccc(N2CCNCC2)c(C)n1C(C)=O)c1cc(F)c2nc(C)cn2c1. The minimum atomic E-state index is -0.401. The second-order valence-electron chi connectivity index (χ2n) is 8.54. The standard InChI is InChI=1S/C25H31FN6O/c1-6-16(2)24(20-13-21(26)25-28-17(3)14-31(25)15-20)29-23-8-7-22(18(4)32(23)19(5)33)30-11-9-27-10-12-30/h7-8,13-15,27H,6,9-12H2,1-5H3/b24-16+,29-23?. The number of rotatable bonds is 4. The topological polar surface area (TPSA) is 66.9 Å². The fraction of sp³-hybridized carbons (Fsp3) is 0.400. The van der Waals surface area contributed by atoms with Crippen LogP contribution >= 0.6 is 0 Å². The highest BCUT2D eigenvalue weighted by molar-refractivity contribution is 5.78. The number of hydrogen-bond acceptors (Lipinski definition) is 5. The van der Waals surface area contributed by atoms with Crippen LogP contribution in [-0.2, 0) is 0 Å². The molecule has 1 aliphatic rings. The summed E-state index contributed by atoms with van der Waals surface area (Å²) in [5, 5.41) is 3.36. The van der Waals surface area contributed by atoms with Gasteiger partial charge in [-0.25, -0.2) is 14.4 Å². The van der Waals surface area contributed by atoms with Crippen LogP contribution < -0.4 is 15.7 Å². The molecule has 7 nitrogen and oxygen atoms in total. The molecule has 1 fully saturated rings. The molecule has 0 radical (unpaired) electrons. The molecule has 3 aromatic rings. The van der Waals surface area contributed by atoms with Crippen LogP contribution in [0.3, 0.4) is 0 Å². The lowest BCUT2D eigenvalue weighted by atomic mass is 10.1. The average molecular weight is 451 g/mol. The molecule has 174 valence electrons. The Bertz CT molecular complexity index is 1310. The molecule has 0 spiro atoms. The van der Waals surface area contributed by atoms with Gasteiger partial charge in [0.25, 0.3) is 0 Å². The Balaban J connectivity index is 1.90. The monoisotopic (exact) mass is 450 g/mol. The third kappa shape index (κ3) is 4.48. The second kappa shape index (κ2) is 9.31. The quantitative estimate of drug-likeness (QED) is 0.658. The predicted octanol–water partition coefficient (Wildman–Crippen LogP) is 3.70. The Labute approximate surface area is 193 Å². The largest absolute Gasteiger partial charge is 0.368 e. The molecule has 0 bridgehead atoms. The van der Waals surface area contributed by atoms with Crippen LogP contribution in [0.2, 0.25) is 0 Å². The van der Waals surface area contributed by atoms with Crippen molar-refractivity contribution in [3.8, 4) is 0 Å². The minimum absolute atomic E-state index is 0.108.